The molecule has 0 aromatic heterocycles. The molecule has 9 nitrogen and oxygen atoms in total. The van der Waals surface area contributed by atoms with Gasteiger partial charge in [-0.2, -0.15) is 0 Å². The van der Waals surface area contributed by atoms with Crippen LogP contribution in [0.2, 0.25) is 0 Å². The second-order valence-electron chi connectivity index (χ2n) is 7.68. The number of rotatable bonds is 7. The molecular formula is C20H27FN4O5. The quantitative estimate of drug-likeness (QED) is 0.677. The Balaban J connectivity index is 1.65. The number of amides is 3. The normalized spacial score (nSPS) is 23.5. The maximum Gasteiger partial charge on any atom is 0.414 e. The molecule has 2 heterocycles. The van der Waals surface area contributed by atoms with E-state index >= 15 is 0 Å². The van der Waals surface area contributed by atoms with Gasteiger partial charge in [0.25, 0.3) is 0 Å². The van der Waals surface area contributed by atoms with Crippen LogP contribution in [0.1, 0.15) is 13.8 Å². The Morgan fingerprint density at radius 2 is 2.07 bits per heavy atom. The summed E-state index contributed by atoms with van der Waals surface area (Å²) in [7, 11) is 1.46. The van der Waals surface area contributed by atoms with E-state index in [1.54, 1.807) is 12.1 Å². The molecule has 3 unspecified atom stereocenters. The van der Waals surface area contributed by atoms with Crippen LogP contribution in [0, 0.1) is 11.7 Å². The SMILES string of the molecule is COCC(=O)NC1CN(c2ccc(N3CC(CNC(C)=O)OC3=O)cc2F)CC1C. The van der Waals surface area contributed by atoms with Crippen molar-refractivity contribution >= 4 is 29.3 Å². The fourth-order valence-corrected chi connectivity index (χ4v) is 3.75. The van der Waals surface area contributed by atoms with Crippen molar-refractivity contribution in [2.45, 2.75) is 26.0 Å². The molecule has 30 heavy (non-hydrogen) atoms. The van der Waals surface area contributed by atoms with Gasteiger partial charge in [0.15, 0.2) is 0 Å². The smallest absolute Gasteiger partial charge is 0.414 e. The fraction of sp³-hybridized carbons (Fsp3) is 0.550. The van der Waals surface area contributed by atoms with Crippen molar-refractivity contribution in [3.8, 4) is 0 Å². The molecule has 0 saturated carbocycles. The molecule has 2 aliphatic heterocycles. The first-order valence-electron chi connectivity index (χ1n) is 9.84. The van der Waals surface area contributed by atoms with Crippen molar-refractivity contribution in [3.63, 3.8) is 0 Å². The molecular weight excluding hydrogens is 395 g/mol. The highest BCUT2D eigenvalue weighted by Gasteiger charge is 2.34. The molecule has 3 amide bonds. The maximum atomic E-state index is 14.9. The topological polar surface area (TPSA) is 100 Å². The zero-order valence-electron chi connectivity index (χ0n) is 17.3. The minimum Gasteiger partial charge on any atom is -0.442 e. The standard InChI is InChI=1S/C20H27FN4O5/c1-12-8-24(10-17(12)23-19(27)11-29-3)18-5-4-14(6-16(18)21)25-9-15(30-20(25)28)7-22-13(2)26/h4-6,12,15,17H,7-11H2,1-3H3,(H,22,26)(H,23,27). The molecule has 0 aliphatic carbocycles. The molecule has 10 heteroatoms. The Bertz CT molecular complexity index is 820. The van der Waals surface area contributed by atoms with Gasteiger partial charge in [-0.05, 0) is 24.1 Å². The summed E-state index contributed by atoms with van der Waals surface area (Å²) in [5.74, 6) is -0.723. The Hall–Kier alpha value is -2.88. The summed E-state index contributed by atoms with van der Waals surface area (Å²) >= 11 is 0. The van der Waals surface area contributed by atoms with E-state index in [-0.39, 0.29) is 43.5 Å². The van der Waals surface area contributed by atoms with Crippen molar-refractivity contribution in [1.29, 1.82) is 0 Å². The van der Waals surface area contributed by atoms with Gasteiger partial charge in [0.2, 0.25) is 11.8 Å². The summed E-state index contributed by atoms with van der Waals surface area (Å²) in [4.78, 5) is 38.2. The van der Waals surface area contributed by atoms with E-state index in [0.29, 0.717) is 24.5 Å². The molecule has 0 radical (unpaired) electrons. The van der Waals surface area contributed by atoms with Crippen LogP contribution in [0.4, 0.5) is 20.6 Å². The number of anilines is 2. The molecule has 0 spiro atoms. The molecule has 164 valence electrons. The van der Waals surface area contributed by atoms with Gasteiger partial charge in [-0.25, -0.2) is 9.18 Å². The number of nitrogens with zero attached hydrogens (tertiary/aromatic N) is 2. The zero-order valence-corrected chi connectivity index (χ0v) is 17.3. The summed E-state index contributed by atoms with van der Waals surface area (Å²) in [6.07, 6.45) is -1.06. The molecule has 1 aromatic carbocycles. The highest BCUT2D eigenvalue weighted by atomic mass is 19.1. The average molecular weight is 422 g/mol. The molecule has 2 aliphatic rings. The van der Waals surface area contributed by atoms with Crippen LogP contribution in [0.25, 0.3) is 0 Å². The average Bonchev–Trinajstić information content (AvgIpc) is 3.22. The van der Waals surface area contributed by atoms with Gasteiger partial charge in [-0.15, -0.1) is 0 Å². The molecule has 2 saturated heterocycles. The minimum atomic E-state index is -0.576. The number of nitrogens with one attached hydrogen (secondary N) is 2. The van der Waals surface area contributed by atoms with Gasteiger partial charge >= 0.3 is 6.09 Å². The number of ether oxygens (including phenoxy) is 2. The number of hydrogen-bond donors (Lipinski definition) is 2. The lowest BCUT2D eigenvalue weighted by Crippen LogP contribution is -2.41. The van der Waals surface area contributed by atoms with Gasteiger partial charge in [-0.3, -0.25) is 14.5 Å². The Kier molecular flexibility index (Phi) is 6.76. The van der Waals surface area contributed by atoms with Crippen molar-refractivity contribution in [1.82, 2.24) is 10.6 Å². The largest absolute Gasteiger partial charge is 0.442 e. The first kappa shape index (κ1) is 21.8. The minimum absolute atomic E-state index is 0.0128. The van der Waals surface area contributed by atoms with E-state index in [4.69, 9.17) is 9.47 Å². The van der Waals surface area contributed by atoms with Crippen LogP contribution in [0.15, 0.2) is 18.2 Å². The van der Waals surface area contributed by atoms with E-state index in [1.165, 1.54) is 25.0 Å². The molecule has 0 bridgehead atoms. The summed E-state index contributed by atoms with van der Waals surface area (Å²) in [6, 6.07) is 4.50. The van der Waals surface area contributed by atoms with Crippen LogP contribution in [0.5, 0.6) is 0 Å². The summed E-state index contributed by atoms with van der Waals surface area (Å²) in [5, 5.41) is 5.51. The highest BCUT2D eigenvalue weighted by Crippen LogP contribution is 2.31. The van der Waals surface area contributed by atoms with Crippen molar-refractivity contribution in [2.75, 3.05) is 49.7 Å². The number of benzene rings is 1. The van der Waals surface area contributed by atoms with E-state index < -0.39 is 18.0 Å². The fourth-order valence-electron chi connectivity index (χ4n) is 3.75. The Morgan fingerprint density at radius 3 is 2.73 bits per heavy atom. The van der Waals surface area contributed by atoms with E-state index in [0.717, 1.165) is 0 Å². The number of carbonyl (C=O) groups excluding carboxylic acids is 3. The van der Waals surface area contributed by atoms with Crippen molar-refractivity contribution in [3.05, 3.63) is 24.0 Å². The number of halogens is 1. The molecule has 3 rings (SSSR count). The predicted octanol–water partition coefficient (Wildman–Crippen LogP) is 0.874. The lowest BCUT2D eigenvalue weighted by Gasteiger charge is -2.21. The van der Waals surface area contributed by atoms with E-state index in [2.05, 4.69) is 10.6 Å². The first-order chi connectivity index (χ1) is 14.3. The number of cyclic esters (lactones) is 1. The van der Waals surface area contributed by atoms with Gasteiger partial charge in [0, 0.05) is 27.1 Å². The van der Waals surface area contributed by atoms with Crippen LogP contribution in [-0.4, -0.2) is 69.9 Å². The monoisotopic (exact) mass is 422 g/mol. The second-order valence-corrected chi connectivity index (χ2v) is 7.68. The molecule has 1 aromatic rings. The van der Waals surface area contributed by atoms with Crippen LogP contribution < -0.4 is 20.4 Å². The third kappa shape index (κ3) is 4.99. The Labute approximate surface area is 174 Å². The number of hydrogen-bond acceptors (Lipinski definition) is 6. The maximum absolute atomic E-state index is 14.9. The molecule has 2 N–H and O–H groups in total. The first-order valence-corrected chi connectivity index (χ1v) is 9.84. The van der Waals surface area contributed by atoms with Crippen molar-refractivity contribution in [2.24, 2.45) is 5.92 Å². The van der Waals surface area contributed by atoms with Crippen LogP contribution >= 0.6 is 0 Å². The van der Waals surface area contributed by atoms with E-state index in [9.17, 15) is 18.8 Å². The molecule has 3 atom stereocenters. The van der Waals surface area contributed by atoms with Gasteiger partial charge in [0.1, 0.15) is 18.5 Å². The summed E-state index contributed by atoms with van der Waals surface area (Å²) < 4.78 is 24.9. The number of carbonyl (C=O) groups is 3. The van der Waals surface area contributed by atoms with Crippen molar-refractivity contribution < 1.29 is 28.2 Å². The molecule has 2 fully saturated rings. The predicted molar refractivity (Wildman–Crippen MR) is 108 cm³/mol. The summed E-state index contributed by atoms with van der Waals surface area (Å²) in [6.45, 7) is 4.89. The highest BCUT2D eigenvalue weighted by molar-refractivity contribution is 5.90. The second kappa shape index (κ2) is 9.29. The van der Waals surface area contributed by atoms with Gasteiger partial charge < -0.3 is 25.0 Å². The van der Waals surface area contributed by atoms with Gasteiger partial charge in [0.05, 0.1) is 30.5 Å². The van der Waals surface area contributed by atoms with E-state index in [1.807, 2.05) is 11.8 Å². The lowest BCUT2D eigenvalue weighted by atomic mass is 10.1. The zero-order chi connectivity index (χ0) is 21.8. The number of methoxy groups -OCH3 is 1. The third-order valence-corrected chi connectivity index (χ3v) is 5.27. The third-order valence-electron chi connectivity index (χ3n) is 5.27. The van der Waals surface area contributed by atoms with Crippen LogP contribution in [-0.2, 0) is 19.1 Å². The van der Waals surface area contributed by atoms with Gasteiger partial charge in [-0.1, -0.05) is 6.92 Å². The summed E-state index contributed by atoms with van der Waals surface area (Å²) in [5.41, 5.74) is 0.806. The Morgan fingerprint density at radius 1 is 1.30 bits per heavy atom. The van der Waals surface area contributed by atoms with Crippen LogP contribution in [0.3, 0.4) is 0 Å². The lowest BCUT2D eigenvalue weighted by molar-refractivity contribution is -0.125.